The molecule has 2 rings (SSSR count). The van der Waals surface area contributed by atoms with Crippen molar-refractivity contribution in [2.75, 3.05) is 18.1 Å². The van der Waals surface area contributed by atoms with Gasteiger partial charge in [0.1, 0.15) is 0 Å². The SMILES string of the molecule is Cc1ccc(S(N)(=O)=O)cc1C(=O)OCC(=O)N(CCC#N)c1cccc(Cl)c1. The van der Waals surface area contributed by atoms with Crippen molar-refractivity contribution in [1.29, 1.82) is 5.26 Å². The summed E-state index contributed by atoms with van der Waals surface area (Å²) in [4.78, 5) is 26.0. The smallest absolute Gasteiger partial charge is 0.338 e. The minimum atomic E-state index is -4.00. The van der Waals surface area contributed by atoms with Crippen LogP contribution in [0.15, 0.2) is 47.4 Å². The van der Waals surface area contributed by atoms with Gasteiger partial charge in [0.25, 0.3) is 5.91 Å². The van der Waals surface area contributed by atoms with Gasteiger partial charge < -0.3 is 9.64 Å². The molecule has 29 heavy (non-hydrogen) atoms. The first-order valence-electron chi connectivity index (χ1n) is 8.37. The average molecular weight is 436 g/mol. The van der Waals surface area contributed by atoms with E-state index >= 15 is 0 Å². The van der Waals surface area contributed by atoms with Crippen LogP contribution in [0.4, 0.5) is 5.69 Å². The number of rotatable bonds is 7. The summed E-state index contributed by atoms with van der Waals surface area (Å²) < 4.78 is 28.0. The van der Waals surface area contributed by atoms with Gasteiger partial charge in [-0.3, -0.25) is 4.79 Å². The zero-order chi connectivity index (χ0) is 21.6. The maximum absolute atomic E-state index is 12.6. The van der Waals surface area contributed by atoms with Crippen LogP contribution in [0.1, 0.15) is 22.3 Å². The van der Waals surface area contributed by atoms with E-state index in [0.29, 0.717) is 16.3 Å². The van der Waals surface area contributed by atoms with Crippen LogP contribution in [0.2, 0.25) is 5.02 Å². The van der Waals surface area contributed by atoms with Crippen molar-refractivity contribution in [3.05, 3.63) is 58.6 Å². The summed E-state index contributed by atoms with van der Waals surface area (Å²) in [5, 5.41) is 14.3. The molecule has 0 aliphatic carbocycles. The third kappa shape index (κ3) is 6.02. The molecule has 0 saturated heterocycles. The Bertz CT molecular complexity index is 1080. The Labute approximate surface area is 173 Å². The first-order valence-corrected chi connectivity index (χ1v) is 10.3. The summed E-state index contributed by atoms with van der Waals surface area (Å²) >= 11 is 5.96. The Hall–Kier alpha value is -2.93. The van der Waals surface area contributed by atoms with Gasteiger partial charge in [-0.15, -0.1) is 0 Å². The number of benzene rings is 2. The van der Waals surface area contributed by atoms with Crippen LogP contribution in [0, 0.1) is 18.3 Å². The molecule has 2 aromatic carbocycles. The number of amides is 1. The highest BCUT2D eigenvalue weighted by molar-refractivity contribution is 7.89. The maximum Gasteiger partial charge on any atom is 0.338 e. The van der Waals surface area contributed by atoms with E-state index in [9.17, 15) is 18.0 Å². The lowest BCUT2D eigenvalue weighted by Crippen LogP contribution is -2.35. The summed E-state index contributed by atoms with van der Waals surface area (Å²) in [6.07, 6.45) is 0.0711. The zero-order valence-corrected chi connectivity index (χ0v) is 17.0. The molecule has 0 bridgehead atoms. The molecule has 2 aromatic rings. The van der Waals surface area contributed by atoms with Crippen molar-refractivity contribution in [2.45, 2.75) is 18.2 Å². The van der Waals surface area contributed by atoms with Gasteiger partial charge in [-0.25, -0.2) is 18.4 Å². The highest BCUT2D eigenvalue weighted by atomic mass is 35.5. The van der Waals surface area contributed by atoms with Crippen molar-refractivity contribution >= 4 is 39.2 Å². The summed E-state index contributed by atoms with van der Waals surface area (Å²) in [6, 6.07) is 12.2. The summed E-state index contributed by atoms with van der Waals surface area (Å²) in [5.41, 5.74) is 0.905. The molecule has 0 aromatic heterocycles. The number of nitriles is 1. The molecule has 0 heterocycles. The second-order valence-corrected chi connectivity index (χ2v) is 8.03. The lowest BCUT2D eigenvalue weighted by molar-refractivity contribution is -0.121. The zero-order valence-electron chi connectivity index (χ0n) is 15.5. The van der Waals surface area contributed by atoms with Gasteiger partial charge in [0.15, 0.2) is 6.61 Å². The topological polar surface area (TPSA) is 131 Å². The van der Waals surface area contributed by atoms with Crippen molar-refractivity contribution < 1.29 is 22.7 Å². The second-order valence-electron chi connectivity index (χ2n) is 6.03. The third-order valence-corrected chi connectivity index (χ3v) is 5.10. The van der Waals surface area contributed by atoms with Crippen LogP contribution in [0.5, 0.6) is 0 Å². The number of esters is 1. The number of nitrogens with two attached hydrogens (primary N) is 1. The van der Waals surface area contributed by atoms with E-state index in [1.165, 1.54) is 17.0 Å². The number of halogens is 1. The Kier molecular flexibility index (Phi) is 7.34. The number of hydrogen-bond donors (Lipinski definition) is 1. The molecule has 0 unspecified atom stereocenters. The molecule has 0 saturated carbocycles. The fourth-order valence-corrected chi connectivity index (χ4v) is 3.21. The highest BCUT2D eigenvalue weighted by Gasteiger charge is 2.20. The second kappa shape index (κ2) is 9.52. The molecule has 0 radical (unpaired) electrons. The molecule has 2 N–H and O–H groups in total. The van der Waals surface area contributed by atoms with Crippen LogP contribution in [-0.4, -0.2) is 33.4 Å². The lowest BCUT2D eigenvalue weighted by Gasteiger charge is -2.22. The summed E-state index contributed by atoms with van der Waals surface area (Å²) in [7, 11) is -4.00. The van der Waals surface area contributed by atoms with Crippen LogP contribution >= 0.6 is 11.6 Å². The van der Waals surface area contributed by atoms with E-state index in [1.54, 1.807) is 31.2 Å². The van der Waals surface area contributed by atoms with Gasteiger partial charge in [-0.1, -0.05) is 23.7 Å². The number of carbonyl (C=O) groups excluding carboxylic acids is 2. The number of carbonyl (C=O) groups is 2. The van der Waals surface area contributed by atoms with Gasteiger partial charge in [0.05, 0.1) is 22.9 Å². The Balaban J connectivity index is 2.17. The predicted octanol–water partition coefficient (Wildman–Crippen LogP) is 2.40. The average Bonchev–Trinajstić information content (AvgIpc) is 2.66. The van der Waals surface area contributed by atoms with E-state index in [4.69, 9.17) is 26.7 Å². The molecular formula is C19H18ClN3O5S. The normalized spacial score (nSPS) is 10.8. The summed E-state index contributed by atoms with van der Waals surface area (Å²) in [5.74, 6) is -1.43. The number of ether oxygens (including phenoxy) is 1. The molecule has 0 atom stereocenters. The lowest BCUT2D eigenvalue weighted by atomic mass is 10.1. The van der Waals surface area contributed by atoms with E-state index in [1.807, 2.05) is 6.07 Å². The monoisotopic (exact) mass is 435 g/mol. The van der Waals surface area contributed by atoms with E-state index in [2.05, 4.69) is 0 Å². The van der Waals surface area contributed by atoms with Gasteiger partial charge >= 0.3 is 5.97 Å². The third-order valence-electron chi connectivity index (χ3n) is 3.95. The molecule has 0 spiro atoms. The first-order chi connectivity index (χ1) is 13.6. The quantitative estimate of drug-likeness (QED) is 0.664. The van der Waals surface area contributed by atoms with Crippen LogP contribution < -0.4 is 10.0 Å². The largest absolute Gasteiger partial charge is 0.452 e. The maximum atomic E-state index is 12.6. The molecule has 0 aliphatic rings. The summed E-state index contributed by atoms with van der Waals surface area (Å²) in [6.45, 7) is 1.08. The van der Waals surface area contributed by atoms with E-state index in [0.717, 1.165) is 6.07 Å². The van der Waals surface area contributed by atoms with Gasteiger partial charge in [-0.05, 0) is 42.8 Å². The Morgan fingerprint density at radius 2 is 1.97 bits per heavy atom. The molecule has 8 nitrogen and oxygen atoms in total. The van der Waals surface area contributed by atoms with Gasteiger partial charge in [-0.2, -0.15) is 5.26 Å². The number of aryl methyl sites for hydroxylation is 1. The Morgan fingerprint density at radius 1 is 1.24 bits per heavy atom. The molecule has 0 aliphatic heterocycles. The van der Waals surface area contributed by atoms with Gasteiger partial charge in [0.2, 0.25) is 10.0 Å². The van der Waals surface area contributed by atoms with Crippen LogP contribution in [0.3, 0.4) is 0 Å². The number of nitrogens with zero attached hydrogens (tertiary/aromatic N) is 2. The minimum Gasteiger partial charge on any atom is -0.452 e. The fourth-order valence-electron chi connectivity index (χ4n) is 2.48. The molecule has 0 fully saturated rings. The molecular weight excluding hydrogens is 418 g/mol. The highest BCUT2D eigenvalue weighted by Crippen LogP contribution is 2.20. The number of anilines is 1. The molecule has 152 valence electrons. The number of primary sulfonamides is 1. The van der Waals surface area contributed by atoms with Crippen LogP contribution in [-0.2, 0) is 19.6 Å². The standard InChI is InChI=1S/C19H18ClN3O5S/c1-13-6-7-16(29(22,26)27)11-17(13)19(25)28-12-18(24)23(9-3-8-21)15-5-2-4-14(20)10-15/h2,4-7,10-11H,3,9,12H2,1H3,(H2,22,26,27). The predicted molar refractivity (Wildman–Crippen MR) is 107 cm³/mol. The first kappa shape index (κ1) is 22.4. The fraction of sp³-hybridized carbons (Fsp3) is 0.211. The Morgan fingerprint density at radius 3 is 2.59 bits per heavy atom. The van der Waals surface area contributed by atoms with E-state index < -0.39 is 28.5 Å². The van der Waals surface area contributed by atoms with Crippen molar-refractivity contribution in [2.24, 2.45) is 5.14 Å². The minimum absolute atomic E-state index is 0.0179. The molecule has 10 heteroatoms. The van der Waals surface area contributed by atoms with Crippen molar-refractivity contribution in [3.8, 4) is 6.07 Å². The number of hydrogen-bond acceptors (Lipinski definition) is 6. The van der Waals surface area contributed by atoms with Crippen LogP contribution in [0.25, 0.3) is 0 Å². The van der Waals surface area contributed by atoms with E-state index in [-0.39, 0.29) is 23.4 Å². The van der Waals surface area contributed by atoms with Crippen molar-refractivity contribution in [1.82, 2.24) is 0 Å². The number of sulfonamides is 1. The van der Waals surface area contributed by atoms with Gasteiger partial charge in [0, 0.05) is 17.3 Å². The molecule has 1 amide bonds. The van der Waals surface area contributed by atoms with Crippen molar-refractivity contribution in [3.63, 3.8) is 0 Å².